The number of nitrogens with one attached hydrogen (secondary N) is 1. The summed E-state index contributed by atoms with van der Waals surface area (Å²) in [6.45, 7) is 0. The van der Waals surface area contributed by atoms with Crippen LogP contribution in [0.25, 0.3) is 10.2 Å². The number of nitrogens with zero attached hydrogens (tertiary/aromatic N) is 1. The van der Waals surface area contributed by atoms with Gasteiger partial charge in [-0.3, -0.25) is 4.79 Å². The second kappa shape index (κ2) is 5.34. The summed E-state index contributed by atoms with van der Waals surface area (Å²) >= 11 is 1.10. The topological polar surface area (TPSA) is 42.0 Å². The van der Waals surface area contributed by atoms with E-state index >= 15 is 0 Å². The Hall–Kier alpha value is -1.84. The van der Waals surface area contributed by atoms with Crippen molar-refractivity contribution in [3.05, 3.63) is 24.3 Å². The lowest BCUT2D eigenvalue weighted by Crippen LogP contribution is -2.61. The molecule has 4 rings (SSSR count). The van der Waals surface area contributed by atoms with Gasteiger partial charge >= 0.3 is 6.18 Å². The molecule has 0 unspecified atom stereocenters. The van der Waals surface area contributed by atoms with E-state index in [1.807, 2.05) is 0 Å². The van der Waals surface area contributed by atoms with Crippen molar-refractivity contribution in [2.75, 3.05) is 5.32 Å². The number of fused-ring (bicyclic) bond motifs is 3. The minimum absolute atomic E-state index is 0.141. The molecule has 0 radical (unpaired) electrons. The van der Waals surface area contributed by atoms with Gasteiger partial charge in [0.05, 0.1) is 10.2 Å². The van der Waals surface area contributed by atoms with Gasteiger partial charge in [0.1, 0.15) is 0 Å². The number of benzene rings is 1. The largest absolute Gasteiger partial charge is 0.428 e. The Labute approximate surface area is 147 Å². The van der Waals surface area contributed by atoms with Crippen LogP contribution in [0.1, 0.15) is 12.8 Å². The Morgan fingerprint density at radius 2 is 1.88 bits per heavy atom. The van der Waals surface area contributed by atoms with Crippen molar-refractivity contribution in [3.63, 3.8) is 0 Å². The van der Waals surface area contributed by atoms with E-state index in [9.17, 15) is 31.1 Å². The van der Waals surface area contributed by atoms with Gasteiger partial charge in [0.25, 0.3) is 11.6 Å². The van der Waals surface area contributed by atoms with Crippen LogP contribution < -0.4 is 5.32 Å². The molecule has 26 heavy (non-hydrogen) atoms. The highest BCUT2D eigenvalue weighted by atomic mass is 32.1. The molecule has 0 spiro atoms. The lowest BCUT2D eigenvalue weighted by molar-refractivity contribution is -0.321. The van der Waals surface area contributed by atoms with Crippen LogP contribution in [0, 0.1) is 17.8 Å². The van der Waals surface area contributed by atoms with Gasteiger partial charge < -0.3 is 5.32 Å². The summed E-state index contributed by atoms with van der Waals surface area (Å²) in [5, 5.41) is 2.51. The lowest BCUT2D eigenvalue weighted by atomic mass is 9.75. The third kappa shape index (κ3) is 2.20. The number of alkyl halides is 6. The Morgan fingerprint density at radius 1 is 1.19 bits per heavy atom. The molecule has 2 bridgehead atoms. The predicted molar refractivity (Wildman–Crippen MR) is 82.8 cm³/mol. The number of carbonyl (C=O) groups is 1. The van der Waals surface area contributed by atoms with Gasteiger partial charge in [0.2, 0.25) is 5.91 Å². The SMILES string of the molecule is O=C(Nc1nc2ccccc2s1)[C@@H]1C[C@H]2C[C@@H]1[C@](F)(C(F)(F)F)C2(F)F. The van der Waals surface area contributed by atoms with Gasteiger partial charge in [-0.1, -0.05) is 23.5 Å². The Kier molecular flexibility index (Phi) is 3.61. The summed E-state index contributed by atoms with van der Waals surface area (Å²) in [4.78, 5) is 16.5. The van der Waals surface area contributed by atoms with Crippen LogP contribution in [0.5, 0.6) is 0 Å². The van der Waals surface area contributed by atoms with E-state index in [1.165, 1.54) is 0 Å². The van der Waals surface area contributed by atoms with E-state index in [0.29, 0.717) is 5.52 Å². The molecule has 0 aliphatic heterocycles. The molecule has 1 amide bonds. The van der Waals surface area contributed by atoms with E-state index in [-0.39, 0.29) is 5.13 Å². The average molecular weight is 394 g/mol. The van der Waals surface area contributed by atoms with Crippen molar-refractivity contribution in [1.29, 1.82) is 0 Å². The highest BCUT2D eigenvalue weighted by Crippen LogP contribution is 2.68. The molecule has 2 aliphatic rings. The third-order valence-electron chi connectivity index (χ3n) is 5.34. The van der Waals surface area contributed by atoms with Gasteiger partial charge in [-0.15, -0.1) is 0 Å². The summed E-state index contributed by atoms with van der Waals surface area (Å²) in [6.07, 6.45) is -6.89. The maximum atomic E-state index is 14.5. The summed E-state index contributed by atoms with van der Waals surface area (Å²) < 4.78 is 82.5. The summed E-state index contributed by atoms with van der Waals surface area (Å²) in [6, 6.07) is 6.92. The molecule has 2 fully saturated rings. The van der Waals surface area contributed by atoms with E-state index in [2.05, 4.69) is 10.3 Å². The van der Waals surface area contributed by atoms with Crippen LogP contribution in [0.2, 0.25) is 0 Å². The molecule has 1 heterocycles. The monoisotopic (exact) mass is 394 g/mol. The zero-order valence-electron chi connectivity index (χ0n) is 13.0. The molecule has 140 valence electrons. The van der Waals surface area contributed by atoms with Gasteiger partial charge in [0.15, 0.2) is 5.13 Å². The molecule has 1 aromatic carbocycles. The molecule has 1 aromatic heterocycles. The zero-order valence-corrected chi connectivity index (χ0v) is 13.8. The molecule has 0 saturated heterocycles. The highest BCUT2D eigenvalue weighted by Gasteiger charge is 2.84. The maximum absolute atomic E-state index is 14.5. The van der Waals surface area contributed by atoms with E-state index in [4.69, 9.17) is 0 Å². The van der Waals surface area contributed by atoms with Crippen LogP contribution in [0.4, 0.5) is 31.5 Å². The molecule has 2 saturated carbocycles. The first-order chi connectivity index (χ1) is 12.1. The normalized spacial score (nSPS) is 32.9. The molecular weight excluding hydrogens is 382 g/mol. The number of amides is 1. The smallest absolute Gasteiger partial charge is 0.302 e. The van der Waals surface area contributed by atoms with Crippen LogP contribution in [0.3, 0.4) is 0 Å². The average Bonchev–Trinajstić information content (AvgIpc) is 3.20. The number of hydrogen-bond donors (Lipinski definition) is 1. The Bertz CT molecular complexity index is 848. The summed E-state index contributed by atoms with van der Waals surface area (Å²) in [5.74, 6) is -10.8. The first kappa shape index (κ1) is 17.6. The summed E-state index contributed by atoms with van der Waals surface area (Å²) in [7, 11) is 0. The second-order valence-corrected chi connectivity index (χ2v) is 7.72. The lowest BCUT2D eigenvalue weighted by Gasteiger charge is -2.40. The molecule has 3 nitrogen and oxygen atoms in total. The standard InChI is InChI=1S/C16H12F6N2OS/c17-14(16(20,21)22)9-6-7(15(14,18)19)5-8(9)12(25)24-13-23-10-3-1-2-4-11(10)26-13/h1-4,7-9H,5-6H2,(H,23,24,25)/t7-,8+,9-,14+/m0/s1. The number of halogens is 6. The number of rotatable bonds is 2. The number of carbonyl (C=O) groups excluding carboxylic acids is 1. The second-order valence-electron chi connectivity index (χ2n) is 6.69. The minimum Gasteiger partial charge on any atom is -0.302 e. The molecule has 2 aromatic rings. The van der Waals surface area contributed by atoms with E-state index in [0.717, 1.165) is 16.0 Å². The van der Waals surface area contributed by atoms with Crippen molar-refractivity contribution in [2.24, 2.45) is 17.8 Å². The first-order valence-electron chi connectivity index (χ1n) is 7.85. The maximum Gasteiger partial charge on any atom is 0.428 e. The molecule has 2 aliphatic carbocycles. The summed E-state index contributed by atoms with van der Waals surface area (Å²) in [5.41, 5.74) is -4.10. The Morgan fingerprint density at radius 3 is 2.50 bits per heavy atom. The zero-order chi connectivity index (χ0) is 18.9. The fourth-order valence-corrected chi connectivity index (χ4v) is 5.00. The fourth-order valence-electron chi connectivity index (χ4n) is 4.13. The fraction of sp³-hybridized carbons (Fsp3) is 0.500. The molecule has 10 heteroatoms. The number of hydrogen-bond acceptors (Lipinski definition) is 3. The number of para-hydroxylation sites is 1. The van der Waals surface area contributed by atoms with Crippen LogP contribution in [0.15, 0.2) is 24.3 Å². The number of anilines is 1. The van der Waals surface area contributed by atoms with Gasteiger partial charge in [-0.25, -0.2) is 18.2 Å². The number of aromatic nitrogens is 1. The van der Waals surface area contributed by atoms with Crippen LogP contribution in [-0.2, 0) is 4.79 Å². The number of thiazole rings is 1. The quantitative estimate of drug-likeness (QED) is 0.744. The van der Waals surface area contributed by atoms with E-state index in [1.54, 1.807) is 24.3 Å². The van der Waals surface area contributed by atoms with Crippen LogP contribution >= 0.6 is 11.3 Å². The van der Waals surface area contributed by atoms with Gasteiger partial charge in [-0.2, -0.15) is 13.2 Å². The van der Waals surface area contributed by atoms with E-state index < -0.39 is 54.3 Å². The van der Waals surface area contributed by atoms with Crippen molar-refractivity contribution in [2.45, 2.75) is 30.6 Å². The third-order valence-corrected chi connectivity index (χ3v) is 6.30. The van der Waals surface area contributed by atoms with Crippen molar-refractivity contribution in [3.8, 4) is 0 Å². The van der Waals surface area contributed by atoms with Crippen molar-refractivity contribution < 1.29 is 31.1 Å². The van der Waals surface area contributed by atoms with Crippen LogP contribution in [-0.4, -0.2) is 28.7 Å². The Balaban J connectivity index is 1.60. The first-order valence-corrected chi connectivity index (χ1v) is 8.67. The predicted octanol–water partition coefficient (Wildman–Crippen LogP) is 4.80. The van der Waals surface area contributed by atoms with Gasteiger partial charge in [0, 0.05) is 17.8 Å². The molecular formula is C16H12F6N2OS. The molecule has 4 atom stereocenters. The van der Waals surface area contributed by atoms with Crippen molar-refractivity contribution >= 4 is 32.6 Å². The van der Waals surface area contributed by atoms with Crippen molar-refractivity contribution in [1.82, 2.24) is 4.98 Å². The van der Waals surface area contributed by atoms with Gasteiger partial charge in [-0.05, 0) is 25.0 Å². The minimum atomic E-state index is -5.75. The molecule has 1 N–H and O–H groups in total. The highest BCUT2D eigenvalue weighted by molar-refractivity contribution is 7.22.